The second-order valence-corrected chi connectivity index (χ2v) is 8.22. The van der Waals surface area contributed by atoms with Crippen LogP contribution in [0.1, 0.15) is 26.2 Å². The van der Waals surface area contributed by atoms with Gasteiger partial charge in [0.05, 0.1) is 19.5 Å². The fourth-order valence-electron chi connectivity index (χ4n) is 2.89. The van der Waals surface area contributed by atoms with E-state index in [4.69, 9.17) is 14.2 Å². The summed E-state index contributed by atoms with van der Waals surface area (Å²) in [6.45, 7) is 3.21. The average Bonchev–Trinajstić information content (AvgIpc) is 3.47. The van der Waals surface area contributed by atoms with Crippen LogP contribution in [-0.4, -0.2) is 59.9 Å². The molecule has 1 N–H and O–H groups in total. The van der Waals surface area contributed by atoms with Crippen molar-refractivity contribution >= 4 is 17.7 Å². The lowest BCUT2D eigenvalue weighted by atomic mass is 10.2. The number of carbonyl (C=O) groups is 1. The Morgan fingerprint density at radius 1 is 1.24 bits per heavy atom. The van der Waals surface area contributed by atoms with E-state index >= 15 is 0 Å². The molecule has 0 bridgehead atoms. The summed E-state index contributed by atoms with van der Waals surface area (Å²) in [5.74, 6) is 2.04. The van der Waals surface area contributed by atoms with Crippen molar-refractivity contribution in [3.63, 3.8) is 0 Å². The Balaban J connectivity index is 1.85. The Kier molecular flexibility index (Phi) is 7.38. The first-order chi connectivity index (χ1) is 14.1. The third-order valence-corrected chi connectivity index (χ3v) is 5.74. The van der Waals surface area contributed by atoms with Crippen molar-refractivity contribution in [1.82, 2.24) is 20.1 Å². The number of nitrogens with zero attached hydrogens (tertiary/aromatic N) is 3. The second kappa shape index (κ2) is 9.98. The summed E-state index contributed by atoms with van der Waals surface area (Å²) >= 11 is 1.42. The minimum atomic E-state index is -0.251. The molecular weight excluding hydrogens is 392 g/mol. The van der Waals surface area contributed by atoms with Crippen molar-refractivity contribution in [2.75, 3.05) is 27.9 Å². The van der Waals surface area contributed by atoms with Crippen molar-refractivity contribution in [3.8, 4) is 22.9 Å². The SMILES string of the molecule is COCCCn1c(SC(C)C(=O)NC2CC2)nnc1-c1ccc(OC)c(OC)c1. The van der Waals surface area contributed by atoms with Gasteiger partial charge in [0.25, 0.3) is 0 Å². The maximum absolute atomic E-state index is 12.4. The van der Waals surface area contributed by atoms with Crippen molar-refractivity contribution in [1.29, 1.82) is 0 Å². The number of ether oxygens (including phenoxy) is 3. The maximum atomic E-state index is 12.4. The molecule has 0 spiro atoms. The number of thioether (sulfide) groups is 1. The van der Waals surface area contributed by atoms with E-state index in [0.29, 0.717) is 35.8 Å². The van der Waals surface area contributed by atoms with Gasteiger partial charge in [-0.3, -0.25) is 4.79 Å². The summed E-state index contributed by atoms with van der Waals surface area (Å²) in [6, 6.07) is 6.00. The molecule has 1 aromatic carbocycles. The molecule has 29 heavy (non-hydrogen) atoms. The smallest absolute Gasteiger partial charge is 0.233 e. The van der Waals surface area contributed by atoms with Gasteiger partial charge in [-0.1, -0.05) is 11.8 Å². The highest BCUT2D eigenvalue weighted by Gasteiger charge is 2.27. The summed E-state index contributed by atoms with van der Waals surface area (Å²) in [5.41, 5.74) is 0.870. The molecule has 0 radical (unpaired) electrons. The van der Waals surface area contributed by atoms with Crippen molar-refractivity contribution in [3.05, 3.63) is 18.2 Å². The molecule has 1 saturated carbocycles. The molecule has 1 fully saturated rings. The third kappa shape index (κ3) is 5.42. The summed E-state index contributed by atoms with van der Waals surface area (Å²) in [7, 11) is 4.89. The molecule has 158 valence electrons. The summed E-state index contributed by atoms with van der Waals surface area (Å²) in [4.78, 5) is 12.4. The maximum Gasteiger partial charge on any atom is 0.233 e. The first kappa shape index (κ1) is 21.4. The van der Waals surface area contributed by atoms with Gasteiger partial charge >= 0.3 is 0 Å². The molecule has 9 heteroatoms. The number of benzene rings is 1. The van der Waals surface area contributed by atoms with E-state index in [2.05, 4.69) is 15.5 Å². The van der Waals surface area contributed by atoms with Gasteiger partial charge in [0.1, 0.15) is 0 Å². The van der Waals surface area contributed by atoms with Crippen LogP contribution in [0.4, 0.5) is 0 Å². The van der Waals surface area contributed by atoms with Crippen LogP contribution in [0.5, 0.6) is 11.5 Å². The fraction of sp³-hybridized carbons (Fsp3) is 0.550. The summed E-state index contributed by atoms with van der Waals surface area (Å²) in [6.07, 6.45) is 2.95. The third-order valence-electron chi connectivity index (χ3n) is 4.66. The van der Waals surface area contributed by atoms with Gasteiger partial charge in [-0.15, -0.1) is 10.2 Å². The topological polar surface area (TPSA) is 87.5 Å². The van der Waals surface area contributed by atoms with E-state index in [0.717, 1.165) is 30.7 Å². The zero-order valence-corrected chi connectivity index (χ0v) is 18.1. The van der Waals surface area contributed by atoms with Crippen LogP contribution in [0.3, 0.4) is 0 Å². The molecule has 1 aromatic heterocycles. The first-order valence-electron chi connectivity index (χ1n) is 9.69. The van der Waals surface area contributed by atoms with E-state index < -0.39 is 0 Å². The van der Waals surface area contributed by atoms with Crippen LogP contribution in [0.2, 0.25) is 0 Å². The molecule has 1 unspecified atom stereocenters. The van der Waals surface area contributed by atoms with E-state index in [1.165, 1.54) is 11.8 Å². The molecule has 1 aliphatic carbocycles. The fourth-order valence-corrected chi connectivity index (χ4v) is 3.78. The van der Waals surface area contributed by atoms with Crippen LogP contribution in [0.15, 0.2) is 23.4 Å². The van der Waals surface area contributed by atoms with Crippen molar-refractivity contribution in [2.24, 2.45) is 0 Å². The van der Waals surface area contributed by atoms with Crippen LogP contribution in [0, 0.1) is 0 Å². The largest absolute Gasteiger partial charge is 0.493 e. The number of aromatic nitrogens is 3. The van der Waals surface area contributed by atoms with E-state index in [1.807, 2.05) is 29.7 Å². The molecule has 1 heterocycles. The van der Waals surface area contributed by atoms with Crippen LogP contribution in [0.25, 0.3) is 11.4 Å². The highest BCUT2D eigenvalue weighted by atomic mass is 32.2. The minimum absolute atomic E-state index is 0.0385. The highest BCUT2D eigenvalue weighted by molar-refractivity contribution is 8.00. The van der Waals surface area contributed by atoms with Gasteiger partial charge < -0.3 is 24.1 Å². The van der Waals surface area contributed by atoms with E-state index in [1.54, 1.807) is 21.3 Å². The lowest BCUT2D eigenvalue weighted by Crippen LogP contribution is -2.32. The summed E-state index contributed by atoms with van der Waals surface area (Å²) in [5, 5.41) is 12.3. The van der Waals surface area contributed by atoms with Gasteiger partial charge in [-0.25, -0.2) is 0 Å². The van der Waals surface area contributed by atoms with Crippen molar-refractivity contribution < 1.29 is 19.0 Å². The number of carbonyl (C=O) groups excluding carboxylic acids is 1. The monoisotopic (exact) mass is 420 g/mol. The zero-order valence-electron chi connectivity index (χ0n) is 17.3. The Morgan fingerprint density at radius 2 is 2.00 bits per heavy atom. The molecule has 1 amide bonds. The number of hydrogen-bond donors (Lipinski definition) is 1. The Hall–Kier alpha value is -2.26. The van der Waals surface area contributed by atoms with Crippen LogP contribution >= 0.6 is 11.8 Å². The zero-order chi connectivity index (χ0) is 20.8. The van der Waals surface area contributed by atoms with Crippen LogP contribution in [-0.2, 0) is 16.1 Å². The number of rotatable bonds is 11. The standard InChI is InChI=1S/C20H28N4O4S/c1-13(19(25)21-15-7-8-15)29-20-23-22-18(24(20)10-5-11-26-2)14-6-9-16(27-3)17(12-14)28-4/h6,9,12-13,15H,5,7-8,10-11H2,1-4H3,(H,21,25). The highest BCUT2D eigenvalue weighted by Crippen LogP contribution is 2.33. The number of nitrogens with one attached hydrogen (secondary N) is 1. The predicted molar refractivity (Wildman–Crippen MR) is 112 cm³/mol. The van der Waals surface area contributed by atoms with Gasteiger partial charge in [-0.05, 0) is 44.4 Å². The average molecular weight is 421 g/mol. The van der Waals surface area contributed by atoms with Gasteiger partial charge in [0, 0.05) is 31.9 Å². The molecule has 1 atom stereocenters. The minimum Gasteiger partial charge on any atom is -0.493 e. The predicted octanol–water partition coefficient (Wildman–Crippen LogP) is 2.76. The van der Waals surface area contributed by atoms with Gasteiger partial charge in [0.15, 0.2) is 22.5 Å². The number of hydrogen-bond acceptors (Lipinski definition) is 7. The Bertz CT molecular complexity index is 838. The molecule has 0 aliphatic heterocycles. The number of amides is 1. The molecular formula is C20H28N4O4S. The molecule has 0 saturated heterocycles. The van der Waals surface area contributed by atoms with Gasteiger partial charge in [0.2, 0.25) is 5.91 Å². The summed E-state index contributed by atoms with van der Waals surface area (Å²) < 4.78 is 18.0. The van der Waals surface area contributed by atoms with E-state index in [9.17, 15) is 4.79 Å². The normalized spacial score (nSPS) is 14.5. The Labute approximate surface area is 175 Å². The van der Waals surface area contributed by atoms with E-state index in [-0.39, 0.29) is 11.2 Å². The first-order valence-corrected chi connectivity index (χ1v) is 10.6. The lowest BCUT2D eigenvalue weighted by molar-refractivity contribution is -0.120. The van der Waals surface area contributed by atoms with Crippen molar-refractivity contribution in [2.45, 2.75) is 49.2 Å². The second-order valence-electron chi connectivity index (χ2n) is 6.92. The molecule has 3 rings (SSSR count). The van der Waals surface area contributed by atoms with Gasteiger partial charge in [-0.2, -0.15) is 0 Å². The quantitative estimate of drug-likeness (QED) is 0.442. The lowest BCUT2D eigenvalue weighted by Gasteiger charge is -2.14. The Morgan fingerprint density at radius 3 is 2.66 bits per heavy atom. The molecule has 2 aromatic rings. The molecule has 8 nitrogen and oxygen atoms in total. The van der Waals surface area contributed by atoms with Crippen LogP contribution < -0.4 is 14.8 Å². The number of methoxy groups -OCH3 is 3. The molecule has 1 aliphatic rings.